The fourth-order valence-corrected chi connectivity index (χ4v) is 1.43. The number of carbonyl (C=O) groups is 2. The van der Waals surface area contributed by atoms with Gasteiger partial charge in [-0.05, 0) is 18.1 Å². The van der Waals surface area contributed by atoms with E-state index in [1.54, 1.807) is 18.2 Å². The van der Waals surface area contributed by atoms with Crippen LogP contribution in [0.25, 0.3) is 0 Å². The molecule has 0 aromatic heterocycles. The number of rotatable bonds is 6. The molecule has 1 aromatic rings. The molecule has 96 valence electrons. The Morgan fingerprint density at radius 3 is 2.78 bits per heavy atom. The molecule has 0 spiro atoms. The quantitative estimate of drug-likeness (QED) is 0.754. The molecule has 0 fully saturated rings. The van der Waals surface area contributed by atoms with Crippen LogP contribution < -0.4 is 5.32 Å². The summed E-state index contributed by atoms with van der Waals surface area (Å²) in [6, 6.07) is 6.68. The zero-order chi connectivity index (χ0) is 13.4. The second-order valence-corrected chi connectivity index (χ2v) is 3.53. The molecule has 0 saturated carbocycles. The molecule has 0 heterocycles. The van der Waals surface area contributed by atoms with Gasteiger partial charge in [0.1, 0.15) is 6.61 Å². The topological polar surface area (TPSA) is 75.6 Å². The lowest BCUT2D eigenvalue weighted by Crippen LogP contribution is -2.26. The van der Waals surface area contributed by atoms with E-state index >= 15 is 0 Å². The first kappa shape index (κ1) is 13.8. The summed E-state index contributed by atoms with van der Waals surface area (Å²) in [7, 11) is 0. The van der Waals surface area contributed by atoms with Gasteiger partial charge in [-0.15, -0.1) is 0 Å². The molecule has 18 heavy (non-hydrogen) atoms. The van der Waals surface area contributed by atoms with Crippen molar-refractivity contribution >= 4 is 12.1 Å². The molecular formula is C13H15NO4. The summed E-state index contributed by atoms with van der Waals surface area (Å²) in [5.41, 5.74) is 0.924. The lowest BCUT2D eigenvalue weighted by molar-refractivity contribution is 0.0695. The standard InChI is InChI=1S/C13H15NO4/c1-2-9-18-13(17)14-8-7-10-5-3-4-6-11(10)12(15)16/h2-6H,1,7-9H2,(H,14,17)(H,15,16). The summed E-state index contributed by atoms with van der Waals surface area (Å²) >= 11 is 0. The van der Waals surface area contributed by atoms with E-state index in [9.17, 15) is 9.59 Å². The minimum Gasteiger partial charge on any atom is -0.478 e. The Morgan fingerprint density at radius 1 is 1.39 bits per heavy atom. The van der Waals surface area contributed by atoms with Crippen molar-refractivity contribution in [2.24, 2.45) is 0 Å². The number of alkyl carbamates (subject to hydrolysis) is 1. The van der Waals surface area contributed by atoms with E-state index in [2.05, 4.69) is 11.9 Å². The molecule has 1 aromatic carbocycles. The number of nitrogens with one attached hydrogen (secondary N) is 1. The van der Waals surface area contributed by atoms with Gasteiger partial charge in [0.25, 0.3) is 0 Å². The van der Waals surface area contributed by atoms with Gasteiger partial charge in [-0.2, -0.15) is 0 Å². The second-order valence-electron chi connectivity index (χ2n) is 3.53. The molecule has 2 N–H and O–H groups in total. The fraction of sp³-hybridized carbons (Fsp3) is 0.231. The van der Waals surface area contributed by atoms with E-state index in [1.165, 1.54) is 12.1 Å². The Morgan fingerprint density at radius 2 is 2.11 bits per heavy atom. The predicted octanol–water partition coefficient (Wildman–Crippen LogP) is 1.84. The smallest absolute Gasteiger partial charge is 0.407 e. The van der Waals surface area contributed by atoms with Gasteiger partial charge in [0.15, 0.2) is 0 Å². The Labute approximate surface area is 105 Å². The molecule has 5 nitrogen and oxygen atoms in total. The number of benzene rings is 1. The highest BCUT2D eigenvalue weighted by molar-refractivity contribution is 5.89. The van der Waals surface area contributed by atoms with Crippen molar-refractivity contribution in [2.45, 2.75) is 6.42 Å². The maximum Gasteiger partial charge on any atom is 0.407 e. The molecule has 0 aliphatic rings. The van der Waals surface area contributed by atoms with Crippen LogP contribution in [0.2, 0.25) is 0 Å². The van der Waals surface area contributed by atoms with Gasteiger partial charge in [0.2, 0.25) is 0 Å². The molecule has 0 atom stereocenters. The van der Waals surface area contributed by atoms with Crippen LogP contribution in [-0.4, -0.2) is 30.3 Å². The number of ether oxygens (including phenoxy) is 1. The minimum absolute atomic E-state index is 0.150. The first-order valence-electron chi connectivity index (χ1n) is 5.48. The Kier molecular flexibility index (Phi) is 5.44. The summed E-state index contributed by atoms with van der Waals surface area (Å²) in [4.78, 5) is 22.1. The minimum atomic E-state index is -0.972. The van der Waals surface area contributed by atoms with E-state index in [0.29, 0.717) is 18.5 Å². The van der Waals surface area contributed by atoms with Crippen molar-refractivity contribution in [3.8, 4) is 0 Å². The van der Waals surface area contributed by atoms with Crippen molar-refractivity contribution in [1.82, 2.24) is 5.32 Å². The summed E-state index contributed by atoms with van der Waals surface area (Å²) in [6.45, 7) is 3.89. The highest BCUT2D eigenvalue weighted by Gasteiger charge is 2.08. The lowest BCUT2D eigenvalue weighted by Gasteiger charge is -2.07. The summed E-state index contributed by atoms with van der Waals surface area (Å²) < 4.78 is 4.72. The van der Waals surface area contributed by atoms with Gasteiger partial charge in [0, 0.05) is 6.54 Å². The van der Waals surface area contributed by atoms with Crippen molar-refractivity contribution in [2.75, 3.05) is 13.2 Å². The number of amides is 1. The average molecular weight is 249 g/mol. The molecule has 0 aliphatic carbocycles. The second kappa shape index (κ2) is 7.11. The van der Waals surface area contributed by atoms with Crippen LogP contribution >= 0.6 is 0 Å². The summed E-state index contributed by atoms with van der Waals surface area (Å²) in [5.74, 6) is -0.972. The average Bonchev–Trinajstić information content (AvgIpc) is 2.36. The van der Waals surface area contributed by atoms with Gasteiger partial charge in [0.05, 0.1) is 5.56 Å². The predicted molar refractivity (Wildman–Crippen MR) is 66.7 cm³/mol. The molecule has 5 heteroatoms. The highest BCUT2D eigenvalue weighted by atomic mass is 16.5. The van der Waals surface area contributed by atoms with E-state index in [0.717, 1.165) is 0 Å². The number of carboxylic acid groups (broad SMARTS) is 1. The third-order valence-electron chi connectivity index (χ3n) is 2.24. The van der Waals surface area contributed by atoms with Crippen LogP contribution in [0.1, 0.15) is 15.9 Å². The Bertz CT molecular complexity index is 442. The molecule has 1 rings (SSSR count). The molecule has 0 aliphatic heterocycles. The van der Waals surface area contributed by atoms with E-state index in [-0.39, 0.29) is 12.2 Å². The van der Waals surface area contributed by atoms with Crippen LogP contribution in [0.15, 0.2) is 36.9 Å². The lowest BCUT2D eigenvalue weighted by atomic mass is 10.0. The molecule has 0 bridgehead atoms. The normalized spacial score (nSPS) is 9.56. The van der Waals surface area contributed by atoms with Crippen LogP contribution in [0, 0.1) is 0 Å². The maximum atomic E-state index is 11.1. The van der Waals surface area contributed by atoms with Gasteiger partial charge in [-0.1, -0.05) is 30.9 Å². The van der Waals surface area contributed by atoms with E-state index < -0.39 is 12.1 Å². The van der Waals surface area contributed by atoms with Gasteiger partial charge >= 0.3 is 12.1 Å². The third-order valence-corrected chi connectivity index (χ3v) is 2.24. The van der Waals surface area contributed by atoms with Gasteiger partial charge in [-0.25, -0.2) is 9.59 Å². The van der Waals surface area contributed by atoms with E-state index in [4.69, 9.17) is 9.84 Å². The van der Waals surface area contributed by atoms with Crippen LogP contribution in [0.4, 0.5) is 4.79 Å². The number of hydrogen-bond acceptors (Lipinski definition) is 3. The first-order chi connectivity index (χ1) is 8.65. The number of hydrogen-bond donors (Lipinski definition) is 2. The SMILES string of the molecule is C=CCOC(=O)NCCc1ccccc1C(=O)O. The Hall–Kier alpha value is -2.30. The monoisotopic (exact) mass is 249 g/mol. The van der Waals surface area contributed by atoms with Crippen LogP contribution in [-0.2, 0) is 11.2 Å². The summed E-state index contributed by atoms with van der Waals surface area (Å²) in [5, 5.41) is 11.5. The molecule has 1 amide bonds. The zero-order valence-electron chi connectivity index (χ0n) is 9.89. The van der Waals surface area contributed by atoms with Crippen molar-refractivity contribution in [3.63, 3.8) is 0 Å². The summed E-state index contributed by atoms with van der Waals surface area (Å²) in [6.07, 6.45) is 1.37. The van der Waals surface area contributed by atoms with Crippen LogP contribution in [0.5, 0.6) is 0 Å². The molecular weight excluding hydrogens is 234 g/mol. The molecule has 0 saturated heterocycles. The van der Waals surface area contributed by atoms with Crippen LogP contribution in [0.3, 0.4) is 0 Å². The van der Waals surface area contributed by atoms with Crippen molar-refractivity contribution < 1.29 is 19.4 Å². The Balaban J connectivity index is 2.46. The van der Waals surface area contributed by atoms with Crippen molar-refractivity contribution in [1.29, 1.82) is 0 Å². The van der Waals surface area contributed by atoms with E-state index in [1.807, 2.05) is 0 Å². The highest BCUT2D eigenvalue weighted by Crippen LogP contribution is 2.08. The number of aromatic carboxylic acids is 1. The van der Waals surface area contributed by atoms with Gasteiger partial charge in [-0.3, -0.25) is 0 Å². The largest absolute Gasteiger partial charge is 0.478 e. The number of carbonyl (C=O) groups excluding carboxylic acids is 1. The first-order valence-corrected chi connectivity index (χ1v) is 5.48. The zero-order valence-corrected chi connectivity index (χ0v) is 9.89. The number of carboxylic acids is 1. The fourth-order valence-electron chi connectivity index (χ4n) is 1.43. The third kappa shape index (κ3) is 4.29. The molecule has 0 unspecified atom stereocenters. The maximum absolute atomic E-state index is 11.1. The molecule has 0 radical (unpaired) electrons. The van der Waals surface area contributed by atoms with Gasteiger partial charge < -0.3 is 15.2 Å². The van der Waals surface area contributed by atoms with Crippen molar-refractivity contribution in [3.05, 3.63) is 48.0 Å².